The normalized spacial score (nSPS) is 10.7. The number of hydrogen-bond acceptors (Lipinski definition) is 5. The van der Waals surface area contributed by atoms with E-state index in [0.29, 0.717) is 11.3 Å². The van der Waals surface area contributed by atoms with Crippen molar-refractivity contribution in [1.82, 2.24) is 4.98 Å². The van der Waals surface area contributed by atoms with Gasteiger partial charge in [-0.15, -0.1) is 0 Å². The molecule has 0 aliphatic carbocycles. The summed E-state index contributed by atoms with van der Waals surface area (Å²) in [7, 11) is 2.90. The molecule has 0 spiro atoms. The monoisotopic (exact) mass is 374 g/mol. The average Bonchev–Trinajstić information content (AvgIpc) is 2.66. The van der Waals surface area contributed by atoms with Crippen LogP contribution in [0.5, 0.6) is 17.2 Å². The summed E-state index contributed by atoms with van der Waals surface area (Å²) in [4.78, 5) is 16.8. The molecule has 0 radical (unpaired) electrons. The number of rotatable bonds is 6. The molecule has 27 heavy (non-hydrogen) atoms. The van der Waals surface area contributed by atoms with Crippen molar-refractivity contribution in [3.05, 3.63) is 54.2 Å². The number of ether oxygens (including phenoxy) is 3. The molecule has 140 valence electrons. The Kier molecular flexibility index (Phi) is 5.35. The third-order valence-corrected chi connectivity index (χ3v) is 3.77. The highest BCUT2D eigenvalue weighted by atomic mass is 19.3. The zero-order valence-corrected chi connectivity index (χ0v) is 14.5. The molecule has 0 bridgehead atoms. The van der Waals surface area contributed by atoms with Gasteiger partial charge in [-0.05, 0) is 36.4 Å². The van der Waals surface area contributed by atoms with Gasteiger partial charge < -0.3 is 19.5 Å². The van der Waals surface area contributed by atoms with Crippen LogP contribution in [0.4, 0.5) is 14.5 Å². The van der Waals surface area contributed by atoms with Gasteiger partial charge in [0.15, 0.2) is 11.5 Å². The first-order chi connectivity index (χ1) is 13.0. The van der Waals surface area contributed by atoms with Gasteiger partial charge in [0, 0.05) is 17.1 Å². The number of benzene rings is 2. The summed E-state index contributed by atoms with van der Waals surface area (Å²) in [6, 6.07) is 12.8. The molecule has 8 heteroatoms. The van der Waals surface area contributed by atoms with Gasteiger partial charge in [0.2, 0.25) is 0 Å². The lowest BCUT2D eigenvalue weighted by Crippen LogP contribution is -2.14. The summed E-state index contributed by atoms with van der Waals surface area (Å²) < 4.78 is 39.6. The lowest BCUT2D eigenvalue weighted by Gasteiger charge is -2.12. The summed E-state index contributed by atoms with van der Waals surface area (Å²) in [5.74, 6) is 0.155. The number of pyridine rings is 1. The van der Waals surface area contributed by atoms with E-state index in [4.69, 9.17) is 9.47 Å². The van der Waals surface area contributed by atoms with Crippen molar-refractivity contribution < 1.29 is 27.8 Å². The number of hydrogen-bond donors (Lipinski definition) is 1. The number of alkyl halides is 2. The number of aromatic nitrogens is 1. The first-order valence-corrected chi connectivity index (χ1v) is 7.89. The Labute approximate surface area is 153 Å². The second-order valence-electron chi connectivity index (χ2n) is 5.45. The Morgan fingerprint density at radius 2 is 1.81 bits per heavy atom. The van der Waals surface area contributed by atoms with Crippen LogP contribution in [0.15, 0.2) is 48.5 Å². The minimum Gasteiger partial charge on any atom is -0.497 e. The molecular weight excluding hydrogens is 358 g/mol. The van der Waals surface area contributed by atoms with Crippen LogP contribution in [0.3, 0.4) is 0 Å². The molecule has 6 nitrogen and oxygen atoms in total. The van der Waals surface area contributed by atoms with Gasteiger partial charge in [-0.2, -0.15) is 8.78 Å². The molecule has 3 aromatic rings. The Balaban J connectivity index is 1.83. The van der Waals surface area contributed by atoms with Crippen LogP contribution in [0, 0.1) is 0 Å². The van der Waals surface area contributed by atoms with Crippen molar-refractivity contribution in [2.24, 2.45) is 0 Å². The highest BCUT2D eigenvalue weighted by Gasteiger charge is 2.14. The average molecular weight is 374 g/mol. The second-order valence-corrected chi connectivity index (χ2v) is 5.45. The molecule has 0 saturated carbocycles. The third kappa shape index (κ3) is 4.22. The number of nitrogens with zero attached hydrogens (tertiary/aromatic N) is 1. The minimum atomic E-state index is -3.01. The Morgan fingerprint density at radius 1 is 1.00 bits per heavy atom. The second kappa shape index (κ2) is 7.86. The number of halogens is 2. The number of nitrogens with one attached hydrogen (secondary N) is 1. The number of fused-ring (bicyclic) bond motifs is 1. The van der Waals surface area contributed by atoms with Crippen molar-refractivity contribution in [2.75, 3.05) is 19.5 Å². The highest BCUT2D eigenvalue weighted by Crippen LogP contribution is 2.31. The maximum absolute atomic E-state index is 12.5. The molecule has 1 amide bonds. The molecule has 1 aromatic heterocycles. The summed E-state index contributed by atoms with van der Waals surface area (Å²) >= 11 is 0. The maximum Gasteiger partial charge on any atom is 0.387 e. The quantitative estimate of drug-likeness (QED) is 0.703. The number of carbonyl (C=O) groups excluding carboxylic acids is 1. The van der Waals surface area contributed by atoms with E-state index >= 15 is 0 Å². The van der Waals surface area contributed by atoms with Crippen molar-refractivity contribution in [1.29, 1.82) is 0 Å². The van der Waals surface area contributed by atoms with Crippen LogP contribution < -0.4 is 19.5 Å². The molecule has 0 saturated heterocycles. The van der Waals surface area contributed by atoms with E-state index in [0.717, 1.165) is 5.39 Å². The van der Waals surface area contributed by atoms with Crippen LogP contribution in [-0.4, -0.2) is 31.7 Å². The van der Waals surface area contributed by atoms with Crippen molar-refractivity contribution in [3.8, 4) is 17.2 Å². The molecule has 3 rings (SSSR count). The fraction of sp³-hybridized carbons (Fsp3) is 0.158. The molecular formula is C19H16F2N2O4. The molecule has 0 unspecified atom stereocenters. The van der Waals surface area contributed by atoms with E-state index < -0.39 is 12.5 Å². The van der Waals surface area contributed by atoms with Gasteiger partial charge >= 0.3 is 6.61 Å². The predicted octanol–water partition coefficient (Wildman–Crippen LogP) is 4.11. The zero-order valence-electron chi connectivity index (χ0n) is 14.5. The third-order valence-electron chi connectivity index (χ3n) is 3.77. The molecule has 2 aromatic carbocycles. The summed E-state index contributed by atoms with van der Waals surface area (Å²) in [6.45, 7) is -3.01. The fourth-order valence-electron chi connectivity index (χ4n) is 2.49. The molecule has 0 aliphatic rings. The van der Waals surface area contributed by atoms with Crippen LogP contribution in [0.25, 0.3) is 10.9 Å². The zero-order chi connectivity index (χ0) is 19.4. The van der Waals surface area contributed by atoms with E-state index in [1.807, 2.05) is 0 Å². The van der Waals surface area contributed by atoms with E-state index in [-0.39, 0.29) is 22.9 Å². The van der Waals surface area contributed by atoms with Gasteiger partial charge in [0.25, 0.3) is 5.91 Å². The molecule has 1 N–H and O–H groups in total. The van der Waals surface area contributed by atoms with E-state index in [9.17, 15) is 13.6 Å². The predicted molar refractivity (Wildman–Crippen MR) is 95.9 cm³/mol. The Hall–Kier alpha value is -3.42. The Bertz CT molecular complexity index is 979. The first-order valence-electron chi connectivity index (χ1n) is 7.89. The van der Waals surface area contributed by atoms with Gasteiger partial charge in [0.05, 0.1) is 19.7 Å². The summed E-state index contributed by atoms with van der Waals surface area (Å²) in [5.41, 5.74) is 1.08. The maximum atomic E-state index is 12.5. The van der Waals surface area contributed by atoms with Crippen molar-refractivity contribution in [2.45, 2.75) is 6.61 Å². The van der Waals surface area contributed by atoms with Crippen LogP contribution >= 0.6 is 0 Å². The molecule has 0 aliphatic heterocycles. The van der Waals surface area contributed by atoms with Crippen LogP contribution in [0.1, 0.15) is 10.5 Å². The van der Waals surface area contributed by atoms with E-state index in [1.54, 1.807) is 37.4 Å². The lowest BCUT2D eigenvalue weighted by molar-refractivity contribution is -0.0511. The van der Waals surface area contributed by atoms with Gasteiger partial charge in [-0.3, -0.25) is 4.79 Å². The SMILES string of the molecule is COc1ccc2nc(C(=O)Nc3ccc(OC)c(OC(F)F)c3)ccc2c1. The van der Waals surface area contributed by atoms with Crippen LogP contribution in [0.2, 0.25) is 0 Å². The lowest BCUT2D eigenvalue weighted by atomic mass is 10.2. The number of amides is 1. The first kappa shape index (κ1) is 18.4. The largest absolute Gasteiger partial charge is 0.497 e. The summed E-state index contributed by atoms with van der Waals surface area (Å²) in [6.07, 6.45) is 0. The van der Waals surface area contributed by atoms with Gasteiger partial charge in [-0.1, -0.05) is 6.07 Å². The van der Waals surface area contributed by atoms with Crippen molar-refractivity contribution in [3.63, 3.8) is 0 Å². The van der Waals surface area contributed by atoms with Crippen molar-refractivity contribution >= 4 is 22.5 Å². The smallest absolute Gasteiger partial charge is 0.387 e. The van der Waals surface area contributed by atoms with E-state index in [2.05, 4.69) is 15.0 Å². The highest BCUT2D eigenvalue weighted by molar-refractivity contribution is 6.04. The number of anilines is 1. The fourth-order valence-corrected chi connectivity index (χ4v) is 2.49. The van der Waals surface area contributed by atoms with E-state index in [1.165, 1.54) is 25.3 Å². The molecule has 0 fully saturated rings. The molecule has 1 heterocycles. The van der Waals surface area contributed by atoms with Gasteiger partial charge in [-0.25, -0.2) is 4.98 Å². The standard InChI is InChI=1S/C19H16F2N2O4/c1-25-13-5-7-14-11(9-13)3-6-15(23-14)18(24)22-12-4-8-16(26-2)17(10-12)27-19(20)21/h3-10,19H,1-2H3,(H,22,24). The number of methoxy groups -OCH3 is 2. The van der Waals surface area contributed by atoms with Gasteiger partial charge in [0.1, 0.15) is 11.4 Å². The minimum absolute atomic E-state index is 0.131. The topological polar surface area (TPSA) is 69.7 Å². The summed E-state index contributed by atoms with van der Waals surface area (Å²) in [5, 5.41) is 3.43. The Morgan fingerprint density at radius 3 is 2.52 bits per heavy atom. The number of carbonyl (C=O) groups is 1. The molecule has 0 atom stereocenters. The van der Waals surface area contributed by atoms with Crippen LogP contribution in [-0.2, 0) is 0 Å².